The van der Waals surface area contributed by atoms with E-state index < -0.39 is 5.97 Å². The summed E-state index contributed by atoms with van der Waals surface area (Å²) >= 11 is 1.56. The number of para-hydroxylation sites is 1. The van der Waals surface area contributed by atoms with Crippen molar-refractivity contribution in [3.63, 3.8) is 0 Å². The molecule has 1 saturated heterocycles. The normalized spacial score (nSPS) is 16.5. The van der Waals surface area contributed by atoms with Gasteiger partial charge in [0, 0.05) is 29.9 Å². The van der Waals surface area contributed by atoms with Crippen LogP contribution in [0.2, 0.25) is 0 Å². The first-order chi connectivity index (χ1) is 22.2. The fourth-order valence-electron chi connectivity index (χ4n) is 6.32. The summed E-state index contributed by atoms with van der Waals surface area (Å²) in [4.78, 5) is 27.4. The second-order valence-corrected chi connectivity index (χ2v) is 12.8. The van der Waals surface area contributed by atoms with Crippen LogP contribution in [-0.4, -0.2) is 61.0 Å². The number of carbonyl (C=O) groups excluding carboxylic acids is 1. The van der Waals surface area contributed by atoms with Gasteiger partial charge in [-0.1, -0.05) is 59.7 Å². The standard InChI is InChI=1S/C34H33N7O3S/c42-33(44-41-31-9-5-4-8-29(31)36-38-41)25-12-10-23(11-13-25)30-22-40-34(35-30)45-32(37-40)24-14-16-26(17-15-24)39-20-18-28(19-21-39)43-27-6-2-1-3-7-27/h4-5,8-17,22,27-28H,1-3,6-7,18-21H2. The topological polar surface area (TPSA) is 99.7 Å². The van der Waals surface area contributed by atoms with Crippen molar-refractivity contribution in [3.8, 4) is 21.8 Å². The van der Waals surface area contributed by atoms with E-state index in [4.69, 9.17) is 19.7 Å². The number of carbonyl (C=O) groups is 1. The Labute approximate surface area is 264 Å². The highest BCUT2D eigenvalue weighted by Crippen LogP contribution is 2.31. The molecule has 0 radical (unpaired) electrons. The number of fused-ring (bicyclic) bond motifs is 2. The first-order valence-electron chi connectivity index (χ1n) is 15.7. The zero-order chi connectivity index (χ0) is 30.2. The van der Waals surface area contributed by atoms with Crippen molar-refractivity contribution in [2.75, 3.05) is 18.0 Å². The van der Waals surface area contributed by atoms with Gasteiger partial charge in [-0.15, -0.1) is 5.10 Å². The van der Waals surface area contributed by atoms with Gasteiger partial charge in [-0.2, -0.15) is 5.10 Å². The van der Waals surface area contributed by atoms with Crippen molar-refractivity contribution in [2.45, 2.75) is 57.2 Å². The van der Waals surface area contributed by atoms with Crippen LogP contribution in [0.3, 0.4) is 0 Å². The Morgan fingerprint density at radius 3 is 2.33 bits per heavy atom. The lowest BCUT2D eigenvalue weighted by Gasteiger charge is -2.36. The molecule has 10 nitrogen and oxygen atoms in total. The molecule has 3 aromatic heterocycles. The third-order valence-corrected chi connectivity index (χ3v) is 9.78. The number of hydrogen-bond donors (Lipinski definition) is 0. The number of hydrogen-bond acceptors (Lipinski definition) is 9. The fraction of sp³-hybridized carbons (Fsp3) is 0.324. The molecule has 2 aliphatic rings. The summed E-state index contributed by atoms with van der Waals surface area (Å²) in [5.74, 6) is -0.520. The summed E-state index contributed by atoms with van der Waals surface area (Å²) in [6, 6.07) is 23.1. The van der Waals surface area contributed by atoms with Crippen LogP contribution >= 0.6 is 11.3 Å². The SMILES string of the molecule is O=C(On1nnc2ccccc21)c1ccc(-c2cn3nc(-c4ccc(N5CCC(OC6CCCCC6)CC5)cc4)sc3n2)cc1. The maximum Gasteiger partial charge on any atom is 0.365 e. The molecule has 228 valence electrons. The van der Waals surface area contributed by atoms with E-state index in [2.05, 4.69) is 39.5 Å². The van der Waals surface area contributed by atoms with Crippen LogP contribution in [0.5, 0.6) is 0 Å². The zero-order valence-corrected chi connectivity index (χ0v) is 25.6. The van der Waals surface area contributed by atoms with Crippen molar-refractivity contribution >= 4 is 39.0 Å². The molecule has 0 amide bonds. The number of benzene rings is 3. The zero-order valence-electron chi connectivity index (χ0n) is 24.8. The summed E-state index contributed by atoms with van der Waals surface area (Å²) in [6.45, 7) is 2.07. The molecule has 0 spiro atoms. The predicted octanol–water partition coefficient (Wildman–Crippen LogP) is 6.46. The summed E-state index contributed by atoms with van der Waals surface area (Å²) in [5.41, 5.74) is 5.68. The predicted molar refractivity (Wildman–Crippen MR) is 173 cm³/mol. The van der Waals surface area contributed by atoms with Gasteiger partial charge in [0.25, 0.3) is 0 Å². The number of nitrogens with zero attached hydrogens (tertiary/aromatic N) is 7. The van der Waals surface area contributed by atoms with E-state index in [0.29, 0.717) is 28.8 Å². The average molecular weight is 620 g/mol. The van der Waals surface area contributed by atoms with Crippen LogP contribution in [0.25, 0.3) is 37.8 Å². The third-order valence-electron chi connectivity index (χ3n) is 8.81. The van der Waals surface area contributed by atoms with Gasteiger partial charge in [-0.25, -0.2) is 14.3 Å². The summed E-state index contributed by atoms with van der Waals surface area (Å²) in [7, 11) is 0. The largest absolute Gasteiger partial charge is 0.375 e. The van der Waals surface area contributed by atoms with Gasteiger partial charge in [0.05, 0.1) is 29.7 Å². The van der Waals surface area contributed by atoms with Crippen molar-refractivity contribution in [2.24, 2.45) is 0 Å². The van der Waals surface area contributed by atoms with Gasteiger partial charge in [0.15, 0.2) is 0 Å². The number of imidazole rings is 1. The quantitative estimate of drug-likeness (QED) is 0.188. The van der Waals surface area contributed by atoms with E-state index in [0.717, 1.165) is 57.6 Å². The molecule has 0 atom stereocenters. The van der Waals surface area contributed by atoms with E-state index in [-0.39, 0.29) is 0 Å². The third kappa shape index (κ3) is 5.81. The molecule has 1 aliphatic heterocycles. The molecule has 2 fully saturated rings. The van der Waals surface area contributed by atoms with E-state index in [9.17, 15) is 4.79 Å². The van der Waals surface area contributed by atoms with Crippen molar-refractivity contribution < 1.29 is 14.4 Å². The molecule has 6 aromatic rings. The number of aromatic nitrogens is 6. The maximum atomic E-state index is 12.7. The van der Waals surface area contributed by atoms with Gasteiger partial charge >= 0.3 is 5.97 Å². The number of piperidine rings is 1. The minimum absolute atomic E-state index is 0.403. The Balaban J connectivity index is 0.893. The number of ether oxygens (including phenoxy) is 1. The highest BCUT2D eigenvalue weighted by Gasteiger charge is 2.24. The Hall–Kier alpha value is -4.61. The van der Waals surface area contributed by atoms with Gasteiger partial charge in [-0.3, -0.25) is 0 Å². The molecule has 0 unspecified atom stereocenters. The molecule has 45 heavy (non-hydrogen) atoms. The minimum Gasteiger partial charge on any atom is -0.375 e. The Kier molecular flexibility index (Phi) is 7.48. The molecule has 1 saturated carbocycles. The van der Waals surface area contributed by atoms with Gasteiger partial charge < -0.3 is 14.5 Å². The molecule has 0 N–H and O–H groups in total. The van der Waals surface area contributed by atoms with Crippen LogP contribution < -0.4 is 9.74 Å². The van der Waals surface area contributed by atoms with Crippen LogP contribution in [-0.2, 0) is 4.74 Å². The first-order valence-corrected chi connectivity index (χ1v) is 16.5. The molecule has 4 heterocycles. The number of anilines is 1. The van der Waals surface area contributed by atoms with Crippen molar-refractivity contribution in [1.82, 2.24) is 29.8 Å². The lowest BCUT2D eigenvalue weighted by molar-refractivity contribution is -0.0395. The molecule has 11 heteroatoms. The summed E-state index contributed by atoms with van der Waals surface area (Å²) < 4.78 is 8.25. The molecular formula is C34H33N7O3S. The van der Waals surface area contributed by atoms with E-state index in [1.165, 1.54) is 37.8 Å². The summed E-state index contributed by atoms with van der Waals surface area (Å²) in [6.07, 6.45) is 11.5. The van der Waals surface area contributed by atoms with Crippen LogP contribution in [0.4, 0.5) is 5.69 Å². The highest BCUT2D eigenvalue weighted by molar-refractivity contribution is 7.19. The number of rotatable bonds is 7. The van der Waals surface area contributed by atoms with Crippen LogP contribution in [0.1, 0.15) is 55.3 Å². The lowest BCUT2D eigenvalue weighted by Crippen LogP contribution is -2.38. The van der Waals surface area contributed by atoms with Gasteiger partial charge in [-0.05, 0) is 79.4 Å². The molecular weight excluding hydrogens is 586 g/mol. The fourth-order valence-corrected chi connectivity index (χ4v) is 7.20. The lowest BCUT2D eigenvalue weighted by atomic mass is 9.97. The Morgan fingerprint density at radius 1 is 0.822 bits per heavy atom. The van der Waals surface area contributed by atoms with Crippen LogP contribution in [0, 0.1) is 0 Å². The van der Waals surface area contributed by atoms with Gasteiger partial charge in [0.2, 0.25) is 4.96 Å². The summed E-state index contributed by atoms with van der Waals surface area (Å²) in [5, 5.41) is 13.7. The van der Waals surface area contributed by atoms with Crippen molar-refractivity contribution in [3.05, 3.63) is 84.6 Å². The molecule has 0 bridgehead atoms. The highest BCUT2D eigenvalue weighted by atomic mass is 32.1. The average Bonchev–Trinajstić information content (AvgIpc) is 3.80. The van der Waals surface area contributed by atoms with E-state index in [1.54, 1.807) is 29.5 Å². The second-order valence-electron chi connectivity index (χ2n) is 11.8. The van der Waals surface area contributed by atoms with Crippen LogP contribution in [0.15, 0.2) is 79.0 Å². The molecule has 1 aliphatic carbocycles. The smallest absolute Gasteiger partial charge is 0.365 e. The first kappa shape index (κ1) is 27.9. The molecule has 8 rings (SSSR count). The Bertz CT molecular complexity index is 1900. The Morgan fingerprint density at radius 2 is 1.56 bits per heavy atom. The van der Waals surface area contributed by atoms with E-state index in [1.807, 2.05) is 41.0 Å². The molecule has 3 aromatic carbocycles. The second kappa shape index (κ2) is 12.1. The maximum absolute atomic E-state index is 12.7. The van der Waals surface area contributed by atoms with E-state index >= 15 is 0 Å². The van der Waals surface area contributed by atoms with Gasteiger partial charge in [0.1, 0.15) is 16.0 Å². The van der Waals surface area contributed by atoms with Crippen molar-refractivity contribution in [1.29, 1.82) is 0 Å². The monoisotopic (exact) mass is 619 g/mol. The minimum atomic E-state index is -0.520.